The average Bonchev–Trinajstić information content (AvgIpc) is 3.61. The summed E-state index contributed by atoms with van der Waals surface area (Å²) in [6.07, 6.45) is 6.60. The van der Waals surface area contributed by atoms with Crippen LogP contribution in [0.25, 0.3) is 32.5 Å². The number of nitrogens with zero attached hydrogens (tertiary/aromatic N) is 4. The summed E-state index contributed by atoms with van der Waals surface area (Å²) in [4.78, 5) is 43.2. The first-order chi connectivity index (χ1) is 19.0. The first-order valence-corrected chi connectivity index (χ1v) is 13.6. The summed E-state index contributed by atoms with van der Waals surface area (Å²) in [5, 5.41) is 28.5. The molecule has 39 heavy (non-hydrogen) atoms. The molecule has 5 N–H and O–H groups in total. The lowest BCUT2D eigenvalue weighted by atomic mass is 9.83. The van der Waals surface area contributed by atoms with Gasteiger partial charge in [0.15, 0.2) is 0 Å². The van der Waals surface area contributed by atoms with E-state index in [4.69, 9.17) is 0 Å². The molecule has 1 aliphatic rings. The first-order valence-electron chi connectivity index (χ1n) is 12.8. The number of aliphatic carboxylic acids is 1. The first kappa shape index (κ1) is 26.6. The zero-order chi connectivity index (χ0) is 27.4. The lowest BCUT2D eigenvalue weighted by Gasteiger charge is -2.28. The topological polar surface area (TPSA) is 162 Å². The Bertz CT molecular complexity index is 1500. The van der Waals surface area contributed by atoms with E-state index < -0.39 is 17.5 Å². The molecule has 1 saturated heterocycles. The predicted octanol–water partition coefficient (Wildman–Crippen LogP) is 3.24. The molecule has 11 nitrogen and oxygen atoms in total. The van der Waals surface area contributed by atoms with Crippen molar-refractivity contribution in [2.24, 2.45) is 0 Å². The number of amides is 2. The minimum atomic E-state index is -1.19. The van der Waals surface area contributed by atoms with Gasteiger partial charge in [-0.25, -0.2) is 24.7 Å². The summed E-state index contributed by atoms with van der Waals surface area (Å²) in [5.41, 5.74) is 4.80. The van der Waals surface area contributed by atoms with Crippen molar-refractivity contribution in [2.45, 2.75) is 38.1 Å². The van der Waals surface area contributed by atoms with Gasteiger partial charge in [0.05, 0.1) is 22.3 Å². The molecule has 1 aliphatic heterocycles. The molecule has 5 rings (SSSR count). The molecule has 0 radical (unpaired) electrons. The monoisotopic (exact) mass is 547 g/mol. The van der Waals surface area contributed by atoms with E-state index in [1.165, 1.54) is 11.3 Å². The Morgan fingerprint density at radius 3 is 2.64 bits per heavy atom. The molecule has 4 aromatic rings. The fourth-order valence-corrected chi connectivity index (χ4v) is 5.81. The minimum absolute atomic E-state index is 0.0673. The van der Waals surface area contributed by atoms with Gasteiger partial charge in [-0.1, -0.05) is 12.1 Å². The van der Waals surface area contributed by atoms with Gasteiger partial charge in [-0.05, 0) is 37.9 Å². The SMILES string of the molecule is CCNC(=O)Nc1ncc(-c2cnc(CCO)nc2)c(C[C@]2(C(=O)O)CCCN2)c1-c1cccc2ncsc12. The molecular formula is C27H29N7O4S. The number of aliphatic hydroxyl groups is 1. The third-order valence-electron chi connectivity index (χ3n) is 6.87. The Balaban J connectivity index is 1.78. The van der Waals surface area contributed by atoms with Crippen molar-refractivity contribution < 1.29 is 19.8 Å². The molecule has 0 unspecified atom stereocenters. The number of benzene rings is 1. The van der Waals surface area contributed by atoms with E-state index in [0.717, 1.165) is 22.2 Å². The highest BCUT2D eigenvalue weighted by atomic mass is 32.1. The molecule has 1 fully saturated rings. The maximum Gasteiger partial charge on any atom is 0.324 e. The van der Waals surface area contributed by atoms with Gasteiger partial charge in [0, 0.05) is 60.2 Å². The molecule has 3 aromatic heterocycles. The van der Waals surface area contributed by atoms with Gasteiger partial charge < -0.3 is 20.8 Å². The van der Waals surface area contributed by atoms with E-state index >= 15 is 0 Å². The van der Waals surface area contributed by atoms with Gasteiger partial charge in [0.1, 0.15) is 17.2 Å². The van der Waals surface area contributed by atoms with Gasteiger partial charge >= 0.3 is 12.0 Å². The number of carboxylic acids is 1. The summed E-state index contributed by atoms with van der Waals surface area (Å²) in [5.74, 6) is -0.117. The largest absolute Gasteiger partial charge is 0.480 e. The van der Waals surface area contributed by atoms with Crippen LogP contribution < -0.4 is 16.0 Å². The highest BCUT2D eigenvalue weighted by Crippen LogP contribution is 2.43. The van der Waals surface area contributed by atoms with Crippen LogP contribution in [0.4, 0.5) is 10.6 Å². The summed E-state index contributed by atoms with van der Waals surface area (Å²) in [6, 6.07) is 5.32. The predicted molar refractivity (Wildman–Crippen MR) is 149 cm³/mol. The van der Waals surface area contributed by atoms with E-state index in [-0.39, 0.29) is 13.0 Å². The average molecular weight is 548 g/mol. The summed E-state index contributed by atoms with van der Waals surface area (Å²) < 4.78 is 0.898. The fourth-order valence-electron chi connectivity index (χ4n) is 5.00. The second-order valence-electron chi connectivity index (χ2n) is 9.32. The Morgan fingerprint density at radius 2 is 1.95 bits per heavy atom. The number of fused-ring (bicyclic) bond motifs is 1. The lowest BCUT2D eigenvalue weighted by Crippen LogP contribution is -2.49. The quantitative estimate of drug-likeness (QED) is 0.212. The maximum atomic E-state index is 12.7. The van der Waals surface area contributed by atoms with Gasteiger partial charge in [-0.2, -0.15) is 0 Å². The smallest absolute Gasteiger partial charge is 0.324 e. The summed E-state index contributed by atoms with van der Waals surface area (Å²) >= 11 is 1.47. The molecule has 0 spiro atoms. The normalized spacial score (nSPS) is 16.9. The molecular weight excluding hydrogens is 518 g/mol. The number of urea groups is 1. The van der Waals surface area contributed by atoms with Crippen molar-refractivity contribution in [1.82, 2.24) is 30.6 Å². The third-order valence-corrected chi connectivity index (χ3v) is 7.74. The number of carbonyl (C=O) groups excluding carboxylic acids is 1. The number of nitrogens with one attached hydrogen (secondary N) is 3. The van der Waals surface area contributed by atoms with Gasteiger partial charge in [0.2, 0.25) is 0 Å². The number of hydrogen-bond acceptors (Lipinski definition) is 9. The van der Waals surface area contributed by atoms with Crippen molar-refractivity contribution in [3.63, 3.8) is 0 Å². The van der Waals surface area contributed by atoms with E-state index in [2.05, 4.69) is 35.9 Å². The van der Waals surface area contributed by atoms with Crippen LogP contribution in [0.15, 0.2) is 42.3 Å². The number of hydrogen-bond donors (Lipinski definition) is 5. The zero-order valence-electron chi connectivity index (χ0n) is 21.4. The number of anilines is 1. The van der Waals surface area contributed by atoms with E-state index in [9.17, 15) is 19.8 Å². The van der Waals surface area contributed by atoms with E-state index in [1.807, 2.05) is 25.1 Å². The number of thiazole rings is 1. The fraction of sp³-hybridized carbons (Fsp3) is 0.333. The zero-order valence-corrected chi connectivity index (χ0v) is 22.2. The van der Waals surface area contributed by atoms with Crippen molar-refractivity contribution >= 4 is 39.4 Å². The van der Waals surface area contributed by atoms with Crippen molar-refractivity contribution in [3.05, 3.63) is 53.7 Å². The van der Waals surface area contributed by atoms with E-state index in [0.29, 0.717) is 59.8 Å². The molecule has 1 aromatic carbocycles. The molecule has 0 saturated carbocycles. The number of rotatable bonds is 9. The Morgan fingerprint density at radius 1 is 1.13 bits per heavy atom. The molecule has 0 bridgehead atoms. The van der Waals surface area contributed by atoms with Crippen LogP contribution in [0.1, 0.15) is 31.2 Å². The number of aliphatic hydroxyl groups excluding tert-OH is 1. The number of aromatic nitrogens is 4. The molecule has 4 heterocycles. The van der Waals surface area contributed by atoms with Crippen LogP contribution >= 0.6 is 11.3 Å². The van der Waals surface area contributed by atoms with Crippen molar-refractivity contribution in [1.29, 1.82) is 0 Å². The van der Waals surface area contributed by atoms with Gasteiger partial charge in [-0.3, -0.25) is 10.1 Å². The number of carbonyl (C=O) groups is 2. The Labute approximate surface area is 228 Å². The van der Waals surface area contributed by atoms with Crippen LogP contribution in [0, 0.1) is 0 Å². The van der Waals surface area contributed by atoms with Crippen LogP contribution in [0.3, 0.4) is 0 Å². The molecule has 0 aliphatic carbocycles. The molecule has 2 amide bonds. The van der Waals surface area contributed by atoms with Crippen LogP contribution in [0.5, 0.6) is 0 Å². The number of carboxylic acid groups (broad SMARTS) is 1. The van der Waals surface area contributed by atoms with Crippen LogP contribution in [-0.2, 0) is 17.6 Å². The maximum absolute atomic E-state index is 12.7. The second-order valence-corrected chi connectivity index (χ2v) is 10.2. The standard InChI is InChI=1S/C27H29N7O4S/c1-2-28-26(38)34-24-22(17-5-3-6-20-23(17)39-15-32-20)18(11-27(25(36)37)8-4-9-33-27)19(14-31-24)16-12-29-21(7-10-35)30-13-16/h3,5-6,12-15,33,35H,2,4,7-11H2,1H3,(H,36,37)(H2,28,31,34,38)/t27-/m0/s1. The molecule has 202 valence electrons. The summed E-state index contributed by atoms with van der Waals surface area (Å²) in [6.45, 7) is 2.78. The van der Waals surface area contributed by atoms with Gasteiger partial charge in [0.25, 0.3) is 0 Å². The number of pyridine rings is 1. The lowest BCUT2D eigenvalue weighted by molar-refractivity contribution is -0.144. The van der Waals surface area contributed by atoms with Crippen LogP contribution in [0.2, 0.25) is 0 Å². The second kappa shape index (κ2) is 11.4. The highest BCUT2D eigenvalue weighted by molar-refractivity contribution is 7.17. The highest BCUT2D eigenvalue weighted by Gasteiger charge is 2.42. The minimum Gasteiger partial charge on any atom is -0.480 e. The molecule has 12 heteroatoms. The summed E-state index contributed by atoms with van der Waals surface area (Å²) in [7, 11) is 0. The molecule has 1 atom stereocenters. The van der Waals surface area contributed by atoms with Crippen molar-refractivity contribution in [3.8, 4) is 22.3 Å². The van der Waals surface area contributed by atoms with Crippen molar-refractivity contribution in [2.75, 3.05) is 25.0 Å². The van der Waals surface area contributed by atoms with E-state index in [1.54, 1.807) is 24.1 Å². The Hall–Kier alpha value is -4.00. The van der Waals surface area contributed by atoms with Gasteiger partial charge in [-0.15, -0.1) is 11.3 Å². The Kier molecular flexibility index (Phi) is 7.77. The third kappa shape index (κ3) is 5.31. The van der Waals surface area contributed by atoms with Crippen LogP contribution in [-0.4, -0.2) is 67.4 Å².